The lowest BCUT2D eigenvalue weighted by Gasteiger charge is -2.05. The highest BCUT2D eigenvalue weighted by Crippen LogP contribution is 2.09. The topological polar surface area (TPSA) is 57.8 Å². The predicted molar refractivity (Wildman–Crippen MR) is 96.5 cm³/mol. The molecular formula is C19H35N3O. The summed E-state index contributed by atoms with van der Waals surface area (Å²) in [5.41, 5.74) is 1.12. The molecule has 1 aromatic heterocycles. The lowest BCUT2D eigenvalue weighted by Crippen LogP contribution is -2.24. The number of H-pyrrole nitrogens is 1. The number of aryl methyl sites for hydroxylation is 2. The largest absolute Gasteiger partial charge is 0.356 e. The summed E-state index contributed by atoms with van der Waals surface area (Å²) in [6.07, 6.45) is 16.1. The third-order valence-corrected chi connectivity index (χ3v) is 4.21. The van der Waals surface area contributed by atoms with Gasteiger partial charge in [0.25, 0.3) is 0 Å². The first kappa shape index (κ1) is 19.7. The minimum absolute atomic E-state index is 0.181. The van der Waals surface area contributed by atoms with E-state index in [1.165, 1.54) is 51.4 Å². The van der Waals surface area contributed by atoms with Crippen molar-refractivity contribution < 1.29 is 4.79 Å². The molecule has 0 bridgehead atoms. The van der Waals surface area contributed by atoms with Crippen molar-refractivity contribution in [3.63, 3.8) is 0 Å². The lowest BCUT2D eigenvalue weighted by atomic mass is 10.1. The Morgan fingerprint density at radius 3 is 2.30 bits per heavy atom. The summed E-state index contributed by atoms with van der Waals surface area (Å²) < 4.78 is 0. The van der Waals surface area contributed by atoms with Gasteiger partial charge in [-0.2, -0.15) is 0 Å². The molecule has 0 fully saturated rings. The third-order valence-electron chi connectivity index (χ3n) is 4.21. The van der Waals surface area contributed by atoms with Gasteiger partial charge in [-0.1, -0.05) is 58.3 Å². The molecule has 2 N–H and O–H groups in total. The fourth-order valence-corrected chi connectivity index (χ4v) is 2.79. The monoisotopic (exact) mass is 321 g/mol. The van der Waals surface area contributed by atoms with E-state index in [9.17, 15) is 4.79 Å². The van der Waals surface area contributed by atoms with Gasteiger partial charge in [-0.25, -0.2) is 4.98 Å². The zero-order chi connectivity index (χ0) is 16.8. The quantitative estimate of drug-likeness (QED) is 0.488. The van der Waals surface area contributed by atoms with E-state index in [0.717, 1.165) is 37.3 Å². The van der Waals surface area contributed by atoms with Gasteiger partial charge in [-0.3, -0.25) is 4.79 Å². The van der Waals surface area contributed by atoms with E-state index < -0.39 is 0 Å². The van der Waals surface area contributed by atoms with Gasteiger partial charge in [0, 0.05) is 24.9 Å². The smallest absolute Gasteiger partial charge is 0.220 e. The summed E-state index contributed by atoms with van der Waals surface area (Å²) >= 11 is 0. The molecular weight excluding hydrogens is 286 g/mol. The number of amides is 1. The van der Waals surface area contributed by atoms with Crippen LogP contribution in [0, 0.1) is 6.92 Å². The molecule has 23 heavy (non-hydrogen) atoms. The van der Waals surface area contributed by atoms with Crippen LogP contribution in [0.3, 0.4) is 0 Å². The van der Waals surface area contributed by atoms with Gasteiger partial charge in [-0.15, -0.1) is 0 Å². The van der Waals surface area contributed by atoms with Gasteiger partial charge in [0.2, 0.25) is 5.91 Å². The van der Waals surface area contributed by atoms with Crippen molar-refractivity contribution in [2.75, 3.05) is 6.54 Å². The van der Waals surface area contributed by atoms with E-state index in [2.05, 4.69) is 22.2 Å². The van der Waals surface area contributed by atoms with Gasteiger partial charge in [0.05, 0.1) is 0 Å². The van der Waals surface area contributed by atoms with Crippen molar-refractivity contribution in [1.29, 1.82) is 0 Å². The molecule has 4 heteroatoms. The molecule has 0 aromatic carbocycles. The fourth-order valence-electron chi connectivity index (χ4n) is 2.79. The number of rotatable bonds is 14. The van der Waals surface area contributed by atoms with E-state index in [-0.39, 0.29) is 5.91 Å². The molecule has 0 unspecified atom stereocenters. The summed E-state index contributed by atoms with van der Waals surface area (Å²) in [5, 5.41) is 3.03. The lowest BCUT2D eigenvalue weighted by molar-refractivity contribution is -0.121. The van der Waals surface area contributed by atoms with Crippen molar-refractivity contribution >= 4 is 5.91 Å². The molecule has 132 valence electrons. The highest BCUT2D eigenvalue weighted by molar-refractivity contribution is 5.75. The Bertz CT molecular complexity index is 415. The van der Waals surface area contributed by atoms with Gasteiger partial charge < -0.3 is 10.3 Å². The Morgan fingerprint density at radius 2 is 1.70 bits per heavy atom. The highest BCUT2D eigenvalue weighted by Gasteiger charge is 2.02. The van der Waals surface area contributed by atoms with Crippen LogP contribution >= 0.6 is 0 Å². The van der Waals surface area contributed by atoms with Crippen LogP contribution in [0.15, 0.2) is 6.20 Å². The number of unbranched alkanes of at least 4 members (excludes halogenated alkanes) is 8. The zero-order valence-electron chi connectivity index (χ0n) is 15.1. The first-order chi connectivity index (χ1) is 11.2. The van der Waals surface area contributed by atoms with Crippen LogP contribution in [-0.4, -0.2) is 22.4 Å². The van der Waals surface area contributed by atoms with Crippen molar-refractivity contribution in [2.24, 2.45) is 0 Å². The summed E-state index contributed by atoms with van der Waals surface area (Å²) in [7, 11) is 0. The van der Waals surface area contributed by atoms with Gasteiger partial charge >= 0.3 is 0 Å². The van der Waals surface area contributed by atoms with E-state index in [1.54, 1.807) is 0 Å². The van der Waals surface area contributed by atoms with Crippen LogP contribution in [0.4, 0.5) is 0 Å². The third kappa shape index (κ3) is 10.9. The first-order valence-corrected chi connectivity index (χ1v) is 9.49. The van der Waals surface area contributed by atoms with Crippen molar-refractivity contribution in [3.05, 3.63) is 17.7 Å². The minimum Gasteiger partial charge on any atom is -0.356 e. The Morgan fingerprint density at radius 1 is 1.04 bits per heavy atom. The fraction of sp³-hybridized carbons (Fsp3) is 0.789. The Labute approximate surface area is 141 Å². The summed E-state index contributed by atoms with van der Waals surface area (Å²) in [5.74, 6) is 1.12. The number of aromatic amines is 1. The number of aromatic nitrogens is 2. The maximum absolute atomic E-state index is 11.7. The number of carbonyl (C=O) groups is 1. The van der Waals surface area contributed by atoms with E-state index in [4.69, 9.17) is 0 Å². The molecule has 0 atom stereocenters. The average Bonchev–Trinajstić information content (AvgIpc) is 2.94. The molecule has 1 rings (SSSR count). The summed E-state index contributed by atoms with van der Waals surface area (Å²) in [6, 6.07) is 0. The molecule has 0 radical (unpaired) electrons. The van der Waals surface area contributed by atoms with Gasteiger partial charge in [-0.05, 0) is 26.2 Å². The number of imidazole rings is 1. The Kier molecular flexibility index (Phi) is 11.3. The molecule has 0 saturated carbocycles. The molecule has 0 aliphatic heterocycles. The van der Waals surface area contributed by atoms with Crippen LogP contribution in [0.1, 0.15) is 89.1 Å². The highest BCUT2D eigenvalue weighted by atomic mass is 16.1. The predicted octanol–water partition coefficient (Wildman–Crippen LogP) is 4.69. The second-order valence-corrected chi connectivity index (χ2v) is 6.53. The average molecular weight is 322 g/mol. The second kappa shape index (κ2) is 13.1. The van der Waals surface area contributed by atoms with Crippen LogP contribution in [-0.2, 0) is 11.2 Å². The Hall–Kier alpha value is -1.32. The second-order valence-electron chi connectivity index (χ2n) is 6.53. The summed E-state index contributed by atoms with van der Waals surface area (Å²) in [6.45, 7) is 5.03. The molecule has 1 aromatic rings. The van der Waals surface area contributed by atoms with Crippen LogP contribution in [0.25, 0.3) is 0 Å². The molecule has 0 aliphatic rings. The zero-order valence-corrected chi connectivity index (χ0v) is 15.1. The van der Waals surface area contributed by atoms with Gasteiger partial charge in [0.15, 0.2) is 0 Å². The first-order valence-electron chi connectivity index (χ1n) is 9.49. The molecule has 4 nitrogen and oxygen atoms in total. The number of nitrogens with one attached hydrogen (secondary N) is 2. The van der Waals surface area contributed by atoms with Crippen molar-refractivity contribution in [2.45, 2.75) is 90.9 Å². The normalized spacial score (nSPS) is 10.9. The van der Waals surface area contributed by atoms with E-state index >= 15 is 0 Å². The van der Waals surface area contributed by atoms with Crippen LogP contribution in [0.5, 0.6) is 0 Å². The van der Waals surface area contributed by atoms with Crippen LogP contribution < -0.4 is 5.32 Å². The number of hydrogen-bond acceptors (Lipinski definition) is 2. The number of carbonyl (C=O) groups excluding carboxylic acids is 1. The molecule has 1 heterocycles. The summed E-state index contributed by atoms with van der Waals surface area (Å²) in [4.78, 5) is 19.1. The minimum atomic E-state index is 0.181. The van der Waals surface area contributed by atoms with E-state index in [0.29, 0.717) is 6.42 Å². The Balaban J connectivity index is 1.84. The molecule has 0 aliphatic carbocycles. The van der Waals surface area contributed by atoms with Crippen molar-refractivity contribution in [3.8, 4) is 0 Å². The number of nitrogens with zero attached hydrogens (tertiary/aromatic N) is 1. The van der Waals surface area contributed by atoms with Gasteiger partial charge in [0.1, 0.15) is 5.82 Å². The number of hydrogen-bond donors (Lipinski definition) is 2. The maximum Gasteiger partial charge on any atom is 0.220 e. The van der Waals surface area contributed by atoms with Crippen molar-refractivity contribution in [1.82, 2.24) is 15.3 Å². The maximum atomic E-state index is 11.7. The van der Waals surface area contributed by atoms with E-state index in [1.807, 2.05) is 13.1 Å². The molecule has 0 spiro atoms. The van der Waals surface area contributed by atoms with Crippen LogP contribution in [0.2, 0.25) is 0 Å². The molecule has 0 saturated heterocycles. The molecule has 1 amide bonds. The standard InChI is InChI=1S/C19H35N3O/c1-3-4-5-6-7-8-9-10-11-15-20-19(23)14-12-13-18-16-21-17(2)22-18/h16H,3-15H2,1-2H3,(H,20,23)(H,21,22). The SMILES string of the molecule is CCCCCCCCCCCNC(=O)CCCc1cnc(C)[nH]1.